The van der Waals surface area contributed by atoms with E-state index in [1.807, 2.05) is 13.0 Å². The van der Waals surface area contributed by atoms with Crippen LogP contribution in [0.15, 0.2) is 16.5 Å². The summed E-state index contributed by atoms with van der Waals surface area (Å²) in [6, 6.07) is 3.35. The van der Waals surface area contributed by atoms with Gasteiger partial charge in [0.15, 0.2) is 15.6 Å². The fourth-order valence-corrected chi connectivity index (χ4v) is 5.48. The van der Waals surface area contributed by atoms with Gasteiger partial charge in [0.05, 0.1) is 18.1 Å². The van der Waals surface area contributed by atoms with Crippen LogP contribution in [0.25, 0.3) is 0 Å². The molecule has 2 aliphatic heterocycles. The Morgan fingerprint density at radius 3 is 2.60 bits per heavy atom. The van der Waals surface area contributed by atoms with Crippen molar-refractivity contribution in [2.45, 2.75) is 45.7 Å². The molecule has 0 aromatic carbocycles. The Balaban J connectivity index is 1.63. The number of carbonyl (C=O) groups excluding carboxylic acids is 1. The highest BCUT2D eigenvalue weighted by Crippen LogP contribution is 2.22. The zero-order chi connectivity index (χ0) is 18.0. The van der Waals surface area contributed by atoms with Gasteiger partial charge in [-0.2, -0.15) is 0 Å². The van der Waals surface area contributed by atoms with Crippen LogP contribution in [0.5, 0.6) is 0 Å². The van der Waals surface area contributed by atoms with Crippen LogP contribution < -0.4 is 0 Å². The van der Waals surface area contributed by atoms with Gasteiger partial charge in [0.1, 0.15) is 5.76 Å². The Labute approximate surface area is 150 Å². The van der Waals surface area contributed by atoms with Gasteiger partial charge < -0.3 is 9.32 Å². The second-order valence-corrected chi connectivity index (χ2v) is 9.60. The van der Waals surface area contributed by atoms with Crippen LogP contribution in [0.3, 0.4) is 0 Å². The molecule has 0 bridgehead atoms. The lowest BCUT2D eigenvalue weighted by molar-refractivity contribution is 0.0671. The van der Waals surface area contributed by atoms with Crippen molar-refractivity contribution in [2.24, 2.45) is 5.92 Å². The predicted molar refractivity (Wildman–Crippen MR) is 96.2 cm³/mol. The molecule has 7 heteroatoms. The molecule has 0 N–H and O–H groups in total. The molecule has 6 nitrogen and oxygen atoms in total. The van der Waals surface area contributed by atoms with Gasteiger partial charge in [-0.25, -0.2) is 8.42 Å². The molecule has 1 amide bonds. The molecule has 3 rings (SSSR count). The smallest absolute Gasteiger partial charge is 0.289 e. The summed E-state index contributed by atoms with van der Waals surface area (Å²) in [5.74, 6) is 1.91. The van der Waals surface area contributed by atoms with Gasteiger partial charge in [0, 0.05) is 12.6 Å². The highest BCUT2D eigenvalue weighted by molar-refractivity contribution is 7.91. The van der Waals surface area contributed by atoms with Crippen molar-refractivity contribution in [3.8, 4) is 0 Å². The summed E-state index contributed by atoms with van der Waals surface area (Å²) in [6.45, 7) is 7.49. The average molecular weight is 368 g/mol. The Hall–Kier alpha value is -1.34. The molecule has 2 fully saturated rings. The van der Waals surface area contributed by atoms with E-state index in [1.165, 1.54) is 12.8 Å². The first-order chi connectivity index (χ1) is 11.9. The zero-order valence-corrected chi connectivity index (χ0v) is 15.9. The number of furan rings is 1. The summed E-state index contributed by atoms with van der Waals surface area (Å²) in [4.78, 5) is 16.7. The lowest BCUT2D eigenvalue weighted by atomic mass is 9.99. The number of piperidine rings is 1. The third-order valence-corrected chi connectivity index (χ3v) is 7.13. The first-order valence-corrected chi connectivity index (χ1v) is 11.0. The van der Waals surface area contributed by atoms with Crippen LogP contribution in [-0.4, -0.2) is 61.3 Å². The summed E-state index contributed by atoms with van der Waals surface area (Å²) in [5, 5.41) is 0. The molecule has 25 heavy (non-hydrogen) atoms. The Morgan fingerprint density at radius 1 is 1.28 bits per heavy atom. The normalized spacial score (nSPS) is 24.5. The molecular weight excluding hydrogens is 340 g/mol. The van der Waals surface area contributed by atoms with Gasteiger partial charge in [-0.3, -0.25) is 9.69 Å². The molecule has 1 aromatic rings. The molecule has 0 radical (unpaired) electrons. The Bertz CT molecular complexity index is 704. The number of hydrogen-bond acceptors (Lipinski definition) is 5. The topological polar surface area (TPSA) is 70.8 Å². The van der Waals surface area contributed by atoms with Crippen LogP contribution in [0.1, 0.15) is 49.4 Å². The number of rotatable bonds is 5. The predicted octanol–water partition coefficient (Wildman–Crippen LogP) is 2.16. The number of hydrogen-bond donors (Lipinski definition) is 0. The van der Waals surface area contributed by atoms with Crippen LogP contribution in [0, 0.1) is 5.92 Å². The maximum atomic E-state index is 12.7. The minimum Gasteiger partial charge on any atom is -0.455 e. The van der Waals surface area contributed by atoms with E-state index in [1.54, 1.807) is 11.0 Å². The second-order valence-electron chi connectivity index (χ2n) is 7.37. The fraction of sp³-hybridized carbons (Fsp3) is 0.722. The van der Waals surface area contributed by atoms with Crippen molar-refractivity contribution in [3.63, 3.8) is 0 Å². The third-order valence-electron chi connectivity index (χ3n) is 5.38. The SMILES string of the molecule is CCN(C(=O)c1ccc(CN2CCC(C)CC2)o1)C1CCS(=O)(=O)C1. The van der Waals surface area contributed by atoms with E-state index in [9.17, 15) is 13.2 Å². The number of sulfone groups is 1. The molecular formula is C18H28N2O4S. The maximum absolute atomic E-state index is 12.7. The quantitative estimate of drug-likeness (QED) is 0.796. The van der Waals surface area contributed by atoms with Crippen LogP contribution in [0.2, 0.25) is 0 Å². The highest BCUT2D eigenvalue weighted by Gasteiger charge is 2.35. The first-order valence-electron chi connectivity index (χ1n) is 9.20. The zero-order valence-electron chi connectivity index (χ0n) is 15.1. The van der Waals surface area contributed by atoms with Crippen molar-refractivity contribution in [3.05, 3.63) is 23.7 Å². The average Bonchev–Trinajstić information content (AvgIpc) is 3.17. The summed E-state index contributed by atoms with van der Waals surface area (Å²) in [6.07, 6.45) is 2.92. The van der Waals surface area contributed by atoms with Crippen LogP contribution in [-0.2, 0) is 16.4 Å². The van der Waals surface area contributed by atoms with Gasteiger partial charge in [-0.1, -0.05) is 6.92 Å². The molecule has 0 spiro atoms. The van der Waals surface area contributed by atoms with Crippen LogP contribution in [0.4, 0.5) is 0 Å². The summed E-state index contributed by atoms with van der Waals surface area (Å²) in [5.41, 5.74) is 0. The number of amides is 1. The van der Waals surface area contributed by atoms with Gasteiger partial charge in [0.2, 0.25) is 0 Å². The van der Waals surface area contributed by atoms with E-state index < -0.39 is 9.84 Å². The number of carbonyl (C=O) groups is 1. The van der Waals surface area contributed by atoms with Gasteiger partial charge >= 0.3 is 0 Å². The van der Waals surface area contributed by atoms with Crippen molar-refractivity contribution in [2.75, 3.05) is 31.1 Å². The highest BCUT2D eigenvalue weighted by atomic mass is 32.2. The van der Waals surface area contributed by atoms with Crippen molar-refractivity contribution in [1.29, 1.82) is 0 Å². The summed E-state index contributed by atoms with van der Waals surface area (Å²) >= 11 is 0. The molecule has 1 unspecified atom stereocenters. The van der Waals surface area contributed by atoms with Gasteiger partial charge in [0.25, 0.3) is 5.91 Å². The van der Waals surface area contributed by atoms with Crippen molar-refractivity contribution >= 4 is 15.7 Å². The van der Waals surface area contributed by atoms with E-state index in [-0.39, 0.29) is 23.5 Å². The molecule has 2 aliphatic rings. The maximum Gasteiger partial charge on any atom is 0.289 e. The van der Waals surface area contributed by atoms with Crippen LogP contribution >= 0.6 is 0 Å². The molecule has 0 aliphatic carbocycles. The molecule has 3 heterocycles. The van der Waals surface area contributed by atoms with E-state index in [4.69, 9.17) is 4.42 Å². The lowest BCUT2D eigenvalue weighted by Crippen LogP contribution is -2.40. The van der Waals surface area contributed by atoms with E-state index >= 15 is 0 Å². The molecule has 2 saturated heterocycles. The van der Waals surface area contributed by atoms with E-state index in [2.05, 4.69) is 11.8 Å². The monoisotopic (exact) mass is 368 g/mol. The summed E-state index contributed by atoms with van der Waals surface area (Å²) in [7, 11) is -3.02. The van der Waals surface area contributed by atoms with Gasteiger partial charge in [-0.15, -0.1) is 0 Å². The molecule has 1 aromatic heterocycles. The number of likely N-dealkylation sites (tertiary alicyclic amines) is 1. The van der Waals surface area contributed by atoms with Gasteiger partial charge in [-0.05, 0) is 57.3 Å². The third kappa shape index (κ3) is 4.44. The fourth-order valence-electron chi connectivity index (χ4n) is 3.75. The minimum atomic E-state index is -3.02. The standard InChI is InChI=1S/C18H28N2O4S/c1-3-20(15-8-11-25(22,23)13-15)18(21)17-5-4-16(24-17)12-19-9-6-14(2)7-10-19/h4-5,14-15H,3,6-13H2,1-2H3. The lowest BCUT2D eigenvalue weighted by Gasteiger charge is -2.29. The number of nitrogens with zero attached hydrogens (tertiary/aromatic N) is 2. The summed E-state index contributed by atoms with van der Waals surface area (Å²) < 4.78 is 29.2. The molecule has 0 saturated carbocycles. The molecule has 140 valence electrons. The van der Waals surface area contributed by atoms with Crippen molar-refractivity contribution in [1.82, 2.24) is 9.80 Å². The van der Waals surface area contributed by atoms with E-state index in [0.717, 1.165) is 31.3 Å². The first kappa shape index (κ1) is 18.5. The Morgan fingerprint density at radius 2 is 2.00 bits per heavy atom. The Kier molecular flexibility index (Phi) is 5.53. The van der Waals surface area contributed by atoms with Crippen molar-refractivity contribution < 1.29 is 17.6 Å². The molecule has 1 atom stereocenters. The minimum absolute atomic E-state index is 0.0616. The van der Waals surface area contributed by atoms with E-state index in [0.29, 0.717) is 18.7 Å². The second kappa shape index (κ2) is 7.50. The largest absolute Gasteiger partial charge is 0.455 e.